The van der Waals surface area contributed by atoms with Crippen LogP contribution < -0.4 is 5.73 Å². The minimum absolute atomic E-state index is 0.395. The molecule has 0 radical (unpaired) electrons. The highest BCUT2D eigenvalue weighted by molar-refractivity contribution is 4.83. The van der Waals surface area contributed by atoms with E-state index in [-0.39, 0.29) is 0 Å². The van der Waals surface area contributed by atoms with E-state index in [0.29, 0.717) is 5.41 Å². The van der Waals surface area contributed by atoms with Gasteiger partial charge in [0.05, 0.1) is 0 Å². The van der Waals surface area contributed by atoms with Gasteiger partial charge in [0.15, 0.2) is 0 Å². The number of ether oxygens (including phenoxy) is 1. The summed E-state index contributed by atoms with van der Waals surface area (Å²) in [6.07, 6.45) is 3.57. The largest absolute Gasteiger partial charge is 0.381 e. The lowest BCUT2D eigenvalue weighted by molar-refractivity contribution is 0.00876. The summed E-state index contributed by atoms with van der Waals surface area (Å²) in [5.74, 6) is 0.756. The zero-order valence-corrected chi connectivity index (χ0v) is 8.31. The van der Waals surface area contributed by atoms with Crippen molar-refractivity contribution in [2.24, 2.45) is 17.1 Å². The Balaban J connectivity index is 2.48. The molecule has 1 aliphatic heterocycles. The molecule has 1 heterocycles. The summed E-state index contributed by atoms with van der Waals surface area (Å²) >= 11 is 0. The summed E-state index contributed by atoms with van der Waals surface area (Å²) in [5, 5.41) is 0. The molecule has 0 saturated carbocycles. The van der Waals surface area contributed by atoms with E-state index in [1.54, 1.807) is 0 Å². The Morgan fingerprint density at radius 2 is 1.92 bits per heavy atom. The summed E-state index contributed by atoms with van der Waals surface area (Å²) in [7, 11) is 0. The van der Waals surface area contributed by atoms with Gasteiger partial charge in [-0.25, -0.2) is 0 Å². The van der Waals surface area contributed by atoms with Gasteiger partial charge in [0.2, 0.25) is 0 Å². The smallest absolute Gasteiger partial charge is 0.0471 e. The molecule has 0 aromatic carbocycles. The molecule has 0 spiro atoms. The zero-order chi connectivity index (χ0) is 9.03. The highest BCUT2D eigenvalue weighted by Gasteiger charge is 2.31. The molecule has 0 aromatic rings. The first kappa shape index (κ1) is 10.0. The number of hydrogen-bond donors (Lipinski definition) is 1. The number of nitrogens with two attached hydrogens (primary N) is 1. The lowest BCUT2D eigenvalue weighted by Crippen LogP contribution is -2.37. The zero-order valence-electron chi connectivity index (χ0n) is 8.31. The molecular formula is C10H21NO. The lowest BCUT2D eigenvalue weighted by Gasteiger charge is -2.37. The van der Waals surface area contributed by atoms with E-state index in [1.165, 1.54) is 6.42 Å². The molecule has 0 unspecified atom stereocenters. The monoisotopic (exact) mass is 171 g/mol. The third-order valence-corrected chi connectivity index (χ3v) is 2.83. The van der Waals surface area contributed by atoms with Gasteiger partial charge in [-0.2, -0.15) is 0 Å². The minimum Gasteiger partial charge on any atom is -0.381 e. The molecule has 0 amide bonds. The molecule has 2 heteroatoms. The van der Waals surface area contributed by atoms with Crippen molar-refractivity contribution < 1.29 is 4.74 Å². The van der Waals surface area contributed by atoms with Gasteiger partial charge < -0.3 is 10.5 Å². The van der Waals surface area contributed by atoms with E-state index in [0.717, 1.165) is 38.5 Å². The Bertz CT molecular complexity index is 128. The van der Waals surface area contributed by atoms with Crippen LogP contribution >= 0.6 is 0 Å². The fourth-order valence-electron chi connectivity index (χ4n) is 2.16. The van der Waals surface area contributed by atoms with Crippen molar-refractivity contribution in [2.75, 3.05) is 19.8 Å². The van der Waals surface area contributed by atoms with Gasteiger partial charge in [-0.05, 0) is 37.1 Å². The summed E-state index contributed by atoms with van der Waals surface area (Å²) in [5.41, 5.74) is 6.23. The first-order valence-corrected chi connectivity index (χ1v) is 4.96. The van der Waals surface area contributed by atoms with Crippen LogP contribution in [-0.4, -0.2) is 19.8 Å². The molecule has 72 valence electrons. The Morgan fingerprint density at radius 1 is 1.33 bits per heavy atom. The van der Waals surface area contributed by atoms with E-state index in [2.05, 4.69) is 13.8 Å². The van der Waals surface area contributed by atoms with Gasteiger partial charge in [-0.15, -0.1) is 0 Å². The number of rotatable bonds is 3. The molecule has 1 rings (SSSR count). The Morgan fingerprint density at radius 3 is 2.33 bits per heavy atom. The van der Waals surface area contributed by atoms with Crippen LogP contribution in [0, 0.1) is 11.3 Å². The fourth-order valence-corrected chi connectivity index (χ4v) is 2.16. The van der Waals surface area contributed by atoms with Crippen molar-refractivity contribution >= 4 is 0 Å². The van der Waals surface area contributed by atoms with Crippen LogP contribution in [0.4, 0.5) is 0 Å². The van der Waals surface area contributed by atoms with Gasteiger partial charge in [-0.3, -0.25) is 0 Å². The first-order chi connectivity index (χ1) is 5.68. The molecule has 1 fully saturated rings. The van der Waals surface area contributed by atoms with Gasteiger partial charge in [0.1, 0.15) is 0 Å². The maximum absolute atomic E-state index is 5.83. The predicted octanol–water partition coefficient (Wildman–Crippen LogP) is 1.79. The van der Waals surface area contributed by atoms with Crippen molar-refractivity contribution in [3.63, 3.8) is 0 Å². The highest BCUT2D eigenvalue weighted by atomic mass is 16.5. The minimum atomic E-state index is 0.395. The van der Waals surface area contributed by atoms with Crippen LogP contribution in [0.2, 0.25) is 0 Å². The maximum Gasteiger partial charge on any atom is 0.0471 e. The summed E-state index contributed by atoms with van der Waals surface area (Å²) < 4.78 is 5.35. The molecule has 1 saturated heterocycles. The van der Waals surface area contributed by atoms with Crippen molar-refractivity contribution in [3.8, 4) is 0 Å². The Labute approximate surface area is 75.5 Å². The fraction of sp³-hybridized carbons (Fsp3) is 1.00. The maximum atomic E-state index is 5.83. The summed E-state index contributed by atoms with van der Waals surface area (Å²) in [4.78, 5) is 0. The average molecular weight is 171 g/mol. The van der Waals surface area contributed by atoms with Crippen LogP contribution in [0.15, 0.2) is 0 Å². The SMILES string of the molecule is CC(C)CC1(CN)CCOCC1. The highest BCUT2D eigenvalue weighted by Crippen LogP contribution is 2.35. The Hall–Kier alpha value is -0.0800. The molecule has 0 atom stereocenters. The van der Waals surface area contributed by atoms with Gasteiger partial charge in [0.25, 0.3) is 0 Å². The topological polar surface area (TPSA) is 35.2 Å². The lowest BCUT2D eigenvalue weighted by atomic mass is 9.74. The summed E-state index contributed by atoms with van der Waals surface area (Å²) in [6.45, 7) is 7.18. The van der Waals surface area contributed by atoms with E-state index in [1.807, 2.05) is 0 Å². The van der Waals surface area contributed by atoms with Crippen LogP contribution in [-0.2, 0) is 4.74 Å². The standard InChI is InChI=1S/C10H21NO/c1-9(2)7-10(8-11)3-5-12-6-4-10/h9H,3-8,11H2,1-2H3. The molecule has 2 N–H and O–H groups in total. The normalized spacial score (nSPS) is 23.0. The second kappa shape index (κ2) is 4.24. The number of hydrogen-bond acceptors (Lipinski definition) is 2. The molecule has 12 heavy (non-hydrogen) atoms. The summed E-state index contributed by atoms with van der Waals surface area (Å²) in [6, 6.07) is 0. The van der Waals surface area contributed by atoms with Crippen LogP contribution in [0.1, 0.15) is 33.1 Å². The third kappa shape index (κ3) is 2.46. The van der Waals surface area contributed by atoms with Crippen LogP contribution in [0.25, 0.3) is 0 Å². The molecule has 0 aromatic heterocycles. The Kier molecular flexibility index (Phi) is 3.53. The van der Waals surface area contributed by atoms with Crippen molar-refractivity contribution in [1.82, 2.24) is 0 Å². The van der Waals surface area contributed by atoms with Gasteiger partial charge in [-0.1, -0.05) is 13.8 Å². The molecule has 0 aliphatic carbocycles. The second-order valence-electron chi connectivity index (χ2n) is 4.41. The van der Waals surface area contributed by atoms with Crippen LogP contribution in [0.3, 0.4) is 0 Å². The quantitative estimate of drug-likeness (QED) is 0.702. The molecule has 1 aliphatic rings. The van der Waals surface area contributed by atoms with E-state index in [9.17, 15) is 0 Å². The third-order valence-electron chi connectivity index (χ3n) is 2.83. The van der Waals surface area contributed by atoms with Gasteiger partial charge in [0, 0.05) is 13.2 Å². The average Bonchev–Trinajstić information content (AvgIpc) is 2.05. The predicted molar refractivity (Wildman–Crippen MR) is 51.0 cm³/mol. The van der Waals surface area contributed by atoms with Gasteiger partial charge >= 0.3 is 0 Å². The molecule has 0 bridgehead atoms. The van der Waals surface area contributed by atoms with E-state index in [4.69, 9.17) is 10.5 Å². The molecule has 2 nitrogen and oxygen atoms in total. The van der Waals surface area contributed by atoms with Crippen LogP contribution in [0.5, 0.6) is 0 Å². The van der Waals surface area contributed by atoms with Crippen molar-refractivity contribution in [3.05, 3.63) is 0 Å². The van der Waals surface area contributed by atoms with E-state index < -0.39 is 0 Å². The van der Waals surface area contributed by atoms with Crippen molar-refractivity contribution in [2.45, 2.75) is 33.1 Å². The van der Waals surface area contributed by atoms with Crippen molar-refractivity contribution in [1.29, 1.82) is 0 Å². The first-order valence-electron chi connectivity index (χ1n) is 4.96. The molecular weight excluding hydrogens is 150 g/mol. The second-order valence-corrected chi connectivity index (χ2v) is 4.41. The van der Waals surface area contributed by atoms with E-state index >= 15 is 0 Å².